The highest BCUT2D eigenvalue weighted by atomic mass is 16.5. The molecule has 6 nitrogen and oxygen atoms in total. The van der Waals surface area contributed by atoms with Crippen LogP contribution in [0, 0.1) is 0 Å². The summed E-state index contributed by atoms with van der Waals surface area (Å²) in [5.74, 6) is -0.943. The summed E-state index contributed by atoms with van der Waals surface area (Å²) >= 11 is 0. The van der Waals surface area contributed by atoms with Gasteiger partial charge in [-0.15, -0.1) is 0 Å². The summed E-state index contributed by atoms with van der Waals surface area (Å²) in [7, 11) is 2.54. The number of nitrogens with two attached hydrogens (primary N) is 1. The van der Waals surface area contributed by atoms with Crippen molar-refractivity contribution >= 4 is 11.7 Å². The number of hydrogen-bond acceptors (Lipinski definition) is 6. The van der Waals surface area contributed by atoms with Crippen LogP contribution in [0.15, 0.2) is 6.07 Å². The fourth-order valence-corrected chi connectivity index (χ4v) is 0.883. The number of pyridine rings is 1. The third-order valence-corrected chi connectivity index (χ3v) is 1.59. The minimum atomic E-state index is -0.668. The van der Waals surface area contributed by atoms with Gasteiger partial charge < -0.3 is 20.3 Å². The number of methoxy groups -OCH3 is 2. The van der Waals surface area contributed by atoms with Crippen LogP contribution in [-0.4, -0.2) is 30.3 Å². The Labute approximate surface area is 80.3 Å². The molecule has 1 aromatic rings. The standard InChI is InChI=1S/C8H10N2O4/c1-13-7-6(9)5(11)3-4(10-7)8(12)14-2/h3H,9H2,1-2H3,(H,10,11). The Balaban J connectivity index is 3.22. The summed E-state index contributed by atoms with van der Waals surface area (Å²) in [5, 5.41) is 9.30. The highest BCUT2D eigenvalue weighted by Crippen LogP contribution is 2.29. The quantitative estimate of drug-likeness (QED) is 0.657. The molecule has 76 valence electrons. The second-order valence-electron chi connectivity index (χ2n) is 2.44. The second kappa shape index (κ2) is 3.82. The van der Waals surface area contributed by atoms with Crippen LogP contribution >= 0.6 is 0 Å². The number of esters is 1. The number of rotatable bonds is 2. The fraction of sp³-hybridized carbons (Fsp3) is 0.250. The molecule has 1 rings (SSSR count). The van der Waals surface area contributed by atoms with Gasteiger partial charge in [-0.1, -0.05) is 0 Å². The first-order valence-corrected chi connectivity index (χ1v) is 3.72. The maximum atomic E-state index is 11.1. The maximum Gasteiger partial charge on any atom is 0.356 e. The molecule has 0 amide bonds. The predicted molar refractivity (Wildman–Crippen MR) is 48.2 cm³/mol. The summed E-state index contributed by atoms with van der Waals surface area (Å²) in [6.07, 6.45) is 0. The average molecular weight is 198 g/mol. The van der Waals surface area contributed by atoms with E-state index in [2.05, 4.69) is 9.72 Å². The van der Waals surface area contributed by atoms with E-state index in [4.69, 9.17) is 10.5 Å². The molecule has 1 aromatic heterocycles. The molecule has 0 aromatic carbocycles. The first-order valence-electron chi connectivity index (χ1n) is 3.72. The van der Waals surface area contributed by atoms with Crippen molar-refractivity contribution in [2.75, 3.05) is 20.0 Å². The molecule has 0 unspecified atom stereocenters. The summed E-state index contributed by atoms with van der Waals surface area (Å²) in [6, 6.07) is 1.11. The Morgan fingerprint density at radius 2 is 2.21 bits per heavy atom. The lowest BCUT2D eigenvalue weighted by molar-refractivity contribution is 0.0592. The number of aromatic hydroxyl groups is 1. The smallest absolute Gasteiger partial charge is 0.356 e. The predicted octanol–water partition coefficient (Wildman–Crippen LogP) is 0.165. The molecule has 0 fully saturated rings. The lowest BCUT2D eigenvalue weighted by Crippen LogP contribution is -2.06. The van der Waals surface area contributed by atoms with E-state index in [1.54, 1.807) is 0 Å². The van der Waals surface area contributed by atoms with Crippen LogP contribution in [-0.2, 0) is 4.74 Å². The largest absolute Gasteiger partial charge is 0.505 e. The molecule has 6 heteroatoms. The zero-order valence-corrected chi connectivity index (χ0v) is 7.77. The Morgan fingerprint density at radius 1 is 1.57 bits per heavy atom. The lowest BCUT2D eigenvalue weighted by Gasteiger charge is -2.06. The zero-order valence-electron chi connectivity index (χ0n) is 7.77. The number of anilines is 1. The Morgan fingerprint density at radius 3 is 2.71 bits per heavy atom. The molecule has 1 heterocycles. The van der Waals surface area contributed by atoms with Crippen LogP contribution < -0.4 is 10.5 Å². The van der Waals surface area contributed by atoms with E-state index in [9.17, 15) is 9.90 Å². The van der Waals surface area contributed by atoms with Crippen molar-refractivity contribution in [3.63, 3.8) is 0 Å². The van der Waals surface area contributed by atoms with Crippen LogP contribution in [0.1, 0.15) is 10.5 Å². The fourth-order valence-electron chi connectivity index (χ4n) is 0.883. The van der Waals surface area contributed by atoms with Crippen molar-refractivity contribution in [3.05, 3.63) is 11.8 Å². The van der Waals surface area contributed by atoms with Crippen LogP contribution in [0.3, 0.4) is 0 Å². The maximum absolute atomic E-state index is 11.1. The molecule has 0 radical (unpaired) electrons. The van der Waals surface area contributed by atoms with Crippen molar-refractivity contribution in [3.8, 4) is 11.6 Å². The van der Waals surface area contributed by atoms with Gasteiger partial charge in [0.25, 0.3) is 0 Å². The third-order valence-electron chi connectivity index (χ3n) is 1.59. The normalized spacial score (nSPS) is 9.57. The monoisotopic (exact) mass is 198 g/mol. The van der Waals surface area contributed by atoms with E-state index >= 15 is 0 Å². The van der Waals surface area contributed by atoms with E-state index in [0.29, 0.717) is 0 Å². The van der Waals surface area contributed by atoms with Gasteiger partial charge in [0.15, 0.2) is 5.69 Å². The minimum Gasteiger partial charge on any atom is -0.505 e. The number of carbonyl (C=O) groups excluding carboxylic acids is 1. The number of nitrogen functional groups attached to an aromatic ring is 1. The number of ether oxygens (including phenoxy) is 2. The Bertz CT molecular complexity index is 365. The van der Waals surface area contributed by atoms with Gasteiger partial charge in [0.1, 0.15) is 11.4 Å². The first kappa shape index (κ1) is 10.1. The van der Waals surface area contributed by atoms with Crippen LogP contribution in [0.4, 0.5) is 5.69 Å². The lowest BCUT2D eigenvalue weighted by atomic mass is 10.3. The SMILES string of the molecule is COC(=O)c1cc(O)c(N)c(OC)n1. The molecule has 0 saturated heterocycles. The Hall–Kier alpha value is -1.98. The number of nitrogens with zero attached hydrogens (tertiary/aromatic N) is 1. The summed E-state index contributed by atoms with van der Waals surface area (Å²) in [6.45, 7) is 0. The number of aromatic nitrogens is 1. The van der Waals surface area contributed by atoms with E-state index in [-0.39, 0.29) is 23.0 Å². The van der Waals surface area contributed by atoms with Crippen molar-refractivity contribution in [1.29, 1.82) is 0 Å². The topological polar surface area (TPSA) is 94.7 Å². The van der Waals surface area contributed by atoms with Crippen molar-refractivity contribution in [2.45, 2.75) is 0 Å². The van der Waals surface area contributed by atoms with Crippen LogP contribution in [0.2, 0.25) is 0 Å². The van der Waals surface area contributed by atoms with Crippen LogP contribution in [0.5, 0.6) is 11.6 Å². The van der Waals surface area contributed by atoms with Crippen molar-refractivity contribution in [1.82, 2.24) is 4.98 Å². The molecule has 14 heavy (non-hydrogen) atoms. The van der Waals surface area contributed by atoms with Gasteiger partial charge in [-0.25, -0.2) is 9.78 Å². The van der Waals surface area contributed by atoms with Gasteiger partial charge in [0.05, 0.1) is 14.2 Å². The molecule has 0 atom stereocenters. The number of hydrogen-bond donors (Lipinski definition) is 2. The highest BCUT2D eigenvalue weighted by Gasteiger charge is 2.14. The summed E-state index contributed by atoms with van der Waals surface area (Å²) < 4.78 is 9.18. The average Bonchev–Trinajstić information content (AvgIpc) is 2.20. The molecule has 3 N–H and O–H groups in total. The van der Waals surface area contributed by atoms with E-state index < -0.39 is 5.97 Å². The highest BCUT2D eigenvalue weighted by molar-refractivity contribution is 5.88. The van der Waals surface area contributed by atoms with Gasteiger partial charge >= 0.3 is 5.97 Å². The van der Waals surface area contributed by atoms with E-state index in [1.165, 1.54) is 14.2 Å². The molecule has 0 aliphatic rings. The zero-order chi connectivity index (χ0) is 10.7. The Kier molecular flexibility index (Phi) is 2.76. The number of carbonyl (C=O) groups is 1. The minimum absolute atomic E-state index is 0.00889. The van der Waals surface area contributed by atoms with Gasteiger partial charge in [-0.3, -0.25) is 0 Å². The molecule has 0 saturated carbocycles. The van der Waals surface area contributed by atoms with Gasteiger partial charge in [-0.05, 0) is 0 Å². The molecule has 0 aliphatic heterocycles. The van der Waals surface area contributed by atoms with Crippen LogP contribution in [0.25, 0.3) is 0 Å². The second-order valence-corrected chi connectivity index (χ2v) is 2.44. The molecule has 0 spiro atoms. The van der Waals surface area contributed by atoms with E-state index in [1.807, 2.05) is 0 Å². The first-order chi connectivity index (χ1) is 6.60. The van der Waals surface area contributed by atoms with Gasteiger partial charge in [0.2, 0.25) is 5.88 Å². The van der Waals surface area contributed by atoms with Crippen molar-refractivity contribution in [2.24, 2.45) is 0 Å². The summed E-state index contributed by atoms with van der Waals surface area (Å²) in [4.78, 5) is 14.8. The molecule has 0 bridgehead atoms. The molecular formula is C8H10N2O4. The summed E-state index contributed by atoms with van der Waals surface area (Å²) in [5.41, 5.74) is 5.34. The molecular weight excluding hydrogens is 188 g/mol. The van der Waals surface area contributed by atoms with Crippen molar-refractivity contribution < 1.29 is 19.4 Å². The van der Waals surface area contributed by atoms with E-state index in [0.717, 1.165) is 6.07 Å². The van der Waals surface area contributed by atoms with Gasteiger partial charge in [0, 0.05) is 6.07 Å². The van der Waals surface area contributed by atoms with Gasteiger partial charge in [-0.2, -0.15) is 0 Å². The molecule has 0 aliphatic carbocycles. The third kappa shape index (κ3) is 1.68.